The van der Waals surface area contributed by atoms with Gasteiger partial charge in [0.15, 0.2) is 0 Å². The third kappa shape index (κ3) is 2.38. The lowest BCUT2D eigenvalue weighted by atomic mass is 10.1. The lowest BCUT2D eigenvalue weighted by Crippen LogP contribution is -2.16. The van der Waals surface area contributed by atoms with Crippen LogP contribution in [0.3, 0.4) is 0 Å². The van der Waals surface area contributed by atoms with E-state index in [0.717, 1.165) is 11.3 Å². The molecule has 0 amide bonds. The molecule has 0 spiro atoms. The van der Waals surface area contributed by atoms with Gasteiger partial charge >= 0.3 is 5.97 Å². The number of fused-ring (bicyclic) bond motifs is 1. The summed E-state index contributed by atoms with van der Waals surface area (Å²) in [5.74, 6) is 0.438. The predicted octanol–water partition coefficient (Wildman–Crippen LogP) is 2.58. The Hall–Kier alpha value is -2.03. The van der Waals surface area contributed by atoms with E-state index in [0.29, 0.717) is 12.0 Å². The summed E-state index contributed by atoms with van der Waals surface area (Å²) in [4.78, 5) is 11.6. The number of hydrogen-bond acceptors (Lipinski definition) is 3. The van der Waals surface area contributed by atoms with E-state index in [9.17, 15) is 4.79 Å². The van der Waals surface area contributed by atoms with Crippen LogP contribution in [0.15, 0.2) is 42.5 Å². The topological polar surface area (TPSA) is 35.5 Å². The van der Waals surface area contributed by atoms with Gasteiger partial charge in [0.1, 0.15) is 11.9 Å². The molecule has 1 heterocycles. The van der Waals surface area contributed by atoms with Gasteiger partial charge < -0.3 is 9.47 Å². The first-order valence-electron chi connectivity index (χ1n) is 5.41. The molecule has 0 saturated heterocycles. The van der Waals surface area contributed by atoms with Crippen LogP contribution in [-0.4, -0.2) is 19.2 Å². The Morgan fingerprint density at radius 1 is 1.53 bits per heavy atom. The van der Waals surface area contributed by atoms with E-state index >= 15 is 0 Å². The molecule has 88 valence electrons. The number of esters is 1. The van der Waals surface area contributed by atoms with Crippen molar-refractivity contribution in [1.82, 2.24) is 0 Å². The number of rotatable bonds is 2. The van der Waals surface area contributed by atoms with Crippen LogP contribution in [0.1, 0.15) is 12.0 Å². The highest BCUT2D eigenvalue weighted by molar-refractivity contribution is 5.94. The molecule has 0 radical (unpaired) electrons. The standard InChI is InChI=1S/C14H14O3/c1-3-12-9-11(14(15)16-2)8-10-6-4-5-7-13(10)17-12/h3-8,12H,1,9H2,2H3/t12-/m1/s1. The maximum atomic E-state index is 11.6. The van der Waals surface area contributed by atoms with E-state index in [1.54, 1.807) is 6.08 Å². The van der Waals surface area contributed by atoms with Crippen LogP contribution in [0.4, 0.5) is 0 Å². The van der Waals surface area contributed by atoms with Gasteiger partial charge in [-0.2, -0.15) is 0 Å². The van der Waals surface area contributed by atoms with Crippen LogP contribution in [0.25, 0.3) is 6.08 Å². The van der Waals surface area contributed by atoms with Crippen LogP contribution >= 0.6 is 0 Å². The fraction of sp³-hybridized carbons (Fsp3) is 0.214. The summed E-state index contributed by atoms with van der Waals surface area (Å²) in [6.45, 7) is 3.71. The molecule has 0 fully saturated rings. The molecular weight excluding hydrogens is 216 g/mol. The van der Waals surface area contributed by atoms with Gasteiger partial charge in [-0.15, -0.1) is 0 Å². The van der Waals surface area contributed by atoms with Crippen molar-refractivity contribution in [2.75, 3.05) is 7.11 Å². The highest BCUT2D eigenvalue weighted by Crippen LogP contribution is 2.28. The molecule has 1 aliphatic heterocycles. The second-order valence-corrected chi connectivity index (χ2v) is 3.80. The molecule has 3 nitrogen and oxygen atoms in total. The zero-order valence-electron chi connectivity index (χ0n) is 9.68. The number of carbonyl (C=O) groups excluding carboxylic acids is 1. The van der Waals surface area contributed by atoms with Crippen molar-refractivity contribution < 1.29 is 14.3 Å². The van der Waals surface area contributed by atoms with Gasteiger partial charge in [-0.25, -0.2) is 4.79 Å². The van der Waals surface area contributed by atoms with Crippen molar-refractivity contribution in [1.29, 1.82) is 0 Å². The average molecular weight is 230 g/mol. The number of para-hydroxylation sites is 1. The third-order valence-electron chi connectivity index (χ3n) is 2.66. The van der Waals surface area contributed by atoms with Gasteiger partial charge in [-0.3, -0.25) is 0 Å². The van der Waals surface area contributed by atoms with Crippen LogP contribution in [0, 0.1) is 0 Å². The first-order valence-corrected chi connectivity index (χ1v) is 5.41. The van der Waals surface area contributed by atoms with Gasteiger partial charge in [-0.1, -0.05) is 30.9 Å². The number of methoxy groups -OCH3 is 1. The van der Waals surface area contributed by atoms with Gasteiger partial charge in [0, 0.05) is 17.6 Å². The molecule has 1 aliphatic rings. The zero-order valence-corrected chi connectivity index (χ0v) is 9.68. The fourth-order valence-electron chi connectivity index (χ4n) is 1.78. The Balaban J connectivity index is 2.44. The summed E-state index contributed by atoms with van der Waals surface area (Å²) in [5, 5.41) is 0. The van der Waals surface area contributed by atoms with E-state index in [-0.39, 0.29) is 12.1 Å². The monoisotopic (exact) mass is 230 g/mol. The van der Waals surface area contributed by atoms with Crippen molar-refractivity contribution in [3.63, 3.8) is 0 Å². The summed E-state index contributed by atoms with van der Waals surface area (Å²) in [5.41, 5.74) is 1.49. The van der Waals surface area contributed by atoms with E-state index < -0.39 is 0 Å². The maximum Gasteiger partial charge on any atom is 0.333 e. The Labute approximate surface area is 100 Å². The van der Waals surface area contributed by atoms with Gasteiger partial charge in [0.05, 0.1) is 7.11 Å². The lowest BCUT2D eigenvalue weighted by molar-refractivity contribution is -0.136. The first kappa shape index (κ1) is 11.5. The molecule has 2 rings (SSSR count). The van der Waals surface area contributed by atoms with E-state index in [4.69, 9.17) is 9.47 Å². The number of benzene rings is 1. The lowest BCUT2D eigenvalue weighted by Gasteiger charge is -2.13. The second kappa shape index (κ2) is 4.87. The largest absolute Gasteiger partial charge is 0.485 e. The summed E-state index contributed by atoms with van der Waals surface area (Å²) in [7, 11) is 1.38. The third-order valence-corrected chi connectivity index (χ3v) is 2.66. The molecule has 0 aliphatic carbocycles. The molecule has 0 bridgehead atoms. The molecule has 1 atom stereocenters. The first-order chi connectivity index (χ1) is 8.24. The van der Waals surface area contributed by atoms with Crippen LogP contribution in [0.5, 0.6) is 5.75 Å². The molecular formula is C14H14O3. The predicted molar refractivity (Wildman–Crippen MR) is 65.7 cm³/mol. The molecule has 1 aromatic carbocycles. The van der Waals surface area contributed by atoms with Gasteiger partial charge in [-0.05, 0) is 12.1 Å². The minimum Gasteiger partial charge on any atom is -0.485 e. The SMILES string of the molecule is C=C[C@@H]1CC(C(=O)OC)=Cc2ccccc2O1. The maximum absolute atomic E-state index is 11.6. The molecule has 17 heavy (non-hydrogen) atoms. The van der Waals surface area contributed by atoms with E-state index in [2.05, 4.69) is 6.58 Å². The van der Waals surface area contributed by atoms with Crippen LogP contribution in [0.2, 0.25) is 0 Å². The summed E-state index contributed by atoms with van der Waals surface area (Å²) in [6.07, 6.45) is 3.78. The van der Waals surface area contributed by atoms with Crippen molar-refractivity contribution in [2.45, 2.75) is 12.5 Å². The van der Waals surface area contributed by atoms with E-state index in [1.165, 1.54) is 7.11 Å². The fourth-order valence-corrected chi connectivity index (χ4v) is 1.78. The molecule has 1 aromatic rings. The molecule has 3 heteroatoms. The zero-order chi connectivity index (χ0) is 12.3. The Kier molecular flexibility index (Phi) is 3.28. The summed E-state index contributed by atoms with van der Waals surface area (Å²) in [6, 6.07) is 7.59. The van der Waals surface area contributed by atoms with Crippen molar-refractivity contribution >= 4 is 12.0 Å². The average Bonchev–Trinajstić information content (AvgIpc) is 2.56. The second-order valence-electron chi connectivity index (χ2n) is 3.80. The molecule has 0 aromatic heterocycles. The summed E-state index contributed by atoms with van der Waals surface area (Å²) >= 11 is 0. The van der Waals surface area contributed by atoms with E-state index in [1.807, 2.05) is 30.3 Å². The number of hydrogen-bond donors (Lipinski definition) is 0. The Bertz CT molecular complexity index is 474. The molecule has 0 saturated carbocycles. The van der Waals surface area contributed by atoms with Crippen LogP contribution < -0.4 is 4.74 Å². The normalized spacial score (nSPS) is 18.2. The highest BCUT2D eigenvalue weighted by Gasteiger charge is 2.20. The van der Waals surface area contributed by atoms with Crippen molar-refractivity contribution in [2.24, 2.45) is 0 Å². The minimum atomic E-state index is -0.322. The van der Waals surface area contributed by atoms with Crippen LogP contribution in [-0.2, 0) is 9.53 Å². The van der Waals surface area contributed by atoms with Gasteiger partial charge in [0.2, 0.25) is 0 Å². The quantitative estimate of drug-likeness (QED) is 0.578. The van der Waals surface area contributed by atoms with Gasteiger partial charge in [0.25, 0.3) is 0 Å². The van der Waals surface area contributed by atoms with Crippen molar-refractivity contribution in [3.8, 4) is 5.75 Å². The molecule has 0 unspecified atom stereocenters. The Morgan fingerprint density at radius 3 is 3.00 bits per heavy atom. The summed E-state index contributed by atoms with van der Waals surface area (Å²) < 4.78 is 10.5. The smallest absolute Gasteiger partial charge is 0.333 e. The van der Waals surface area contributed by atoms with Crippen molar-refractivity contribution in [3.05, 3.63) is 48.1 Å². The number of ether oxygens (including phenoxy) is 2. The number of carbonyl (C=O) groups is 1. The molecule has 0 N–H and O–H groups in total. The Morgan fingerprint density at radius 2 is 2.29 bits per heavy atom. The highest BCUT2D eigenvalue weighted by atomic mass is 16.5. The minimum absolute atomic E-state index is 0.205.